The van der Waals surface area contributed by atoms with Crippen LogP contribution in [0, 0.1) is 0 Å². The first kappa shape index (κ1) is 16.1. The molecule has 0 saturated carbocycles. The van der Waals surface area contributed by atoms with E-state index in [1.807, 2.05) is 13.8 Å². The number of anilines is 2. The van der Waals surface area contributed by atoms with Crippen molar-refractivity contribution in [2.24, 2.45) is 0 Å². The van der Waals surface area contributed by atoms with Gasteiger partial charge in [-0.15, -0.1) is 0 Å². The van der Waals surface area contributed by atoms with E-state index >= 15 is 0 Å². The number of nitrogens with one attached hydrogen (secondary N) is 1. The normalized spacial score (nSPS) is 20.0. The average molecular weight is 312 g/mol. The number of rotatable bonds is 3. The van der Waals surface area contributed by atoms with Crippen LogP contribution in [0.3, 0.4) is 0 Å². The molecule has 1 fully saturated rings. The minimum atomic E-state index is -0.621. The Morgan fingerprint density at radius 3 is 2.71 bits per heavy atom. The molecule has 4 N–H and O–H groups in total. The van der Waals surface area contributed by atoms with E-state index in [1.165, 1.54) is 0 Å². The number of likely N-dealkylation sites (tertiary alicyclic amines) is 1. The summed E-state index contributed by atoms with van der Waals surface area (Å²) in [6, 6.07) is 4.71. The molecular formula is C15H22ClN3O2. The lowest BCUT2D eigenvalue weighted by Gasteiger charge is -2.38. The van der Waals surface area contributed by atoms with Crippen molar-refractivity contribution >= 4 is 28.9 Å². The van der Waals surface area contributed by atoms with Gasteiger partial charge in [-0.3, -0.25) is 9.69 Å². The summed E-state index contributed by atoms with van der Waals surface area (Å²) in [6.07, 6.45) is 1.34. The molecule has 5 nitrogen and oxygen atoms in total. The quantitative estimate of drug-likeness (QED) is 0.747. The summed E-state index contributed by atoms with van der Waals surface area (Å²) in [5.74, 6) is -0.120. The smallest absolute Gasteiger partial charge is 0.241 e. The molecule has 2 rings (SSSR count). The number of nitrogens with zero attached hydrogens (tertiary/aromatic N) is 1. The van der Waals surface area contributed by atoms with Crippen molar-refractivity contribution in [3.05, 3.63) is 23.2 Å². The molecule has 116 valence electrons. The summed E-state index contributed by atoms with van der Waals surface area (Å²) >= 11 is 5.91. The number of piperidine rings is 1. The third kappa shape index (κ3) is 4.09. The Morgan fingerprint density at radius 1 is 1.48 bits per heavy atom. The summed E-state index contributed by atoms with van der Waals surface area (Å²) in [7, 11) is 0. The number of aliphatic hydroxyl groups is 1. The van der Waals surface area contributed by atoms with Crippen LogP contribution in [0.2, 0.25) is 5.02 Å². The van der Waals surface area contributed by atoms with Gasteiger partial charge in [0.15, 0.2) is 0 Å². The van der Waals surface area contributed by atoms with Gasteiger partial charge in [-0.2, -0.15) is 0 Å². The molecule has 1 aliphatic rings. The summed E-state index contributed by atoms with van der Waals surface area (Å²) in [5.41, 5.74) is 6.23. The minimum Gasteiger partial charge on any atom is -0.397 e. The van der Waals surface area contributed by atoms with E-state index in [1.54, 1.807) is 18.2 Å². The van der Waals surface area contributed by atoms with Gasteiger partial charge in [0.05, 0.1) is 23.0 Å². The first-order valence-electron chi connectivity index (χ1n) is 7.11. The molecule has 1 unspecified atom stereocenters. The van der Waals surface area contributed by atoms with Gasteiger partial charge in [-0.25, -0.2) is 0 Å². The molecule has 0 radical (unpaired) electrons. The maximum absolute atomic E-state index is 12.3. The van der Waals surface area contributed by atoms with Crippen LogP contribution >= 0.6 is 11.6 Å². The Bertz CT molecular complexity index is 524. The maximum Gasteiger partial charge on any atom is 0.241 e. The van der Waals surface area contributed by atoms with E-state index in [-0.39, 0.29) is 11.9 Å². The third-order valence-corrected chi connectivity index (χ3v) is 4.31. The summed E-state index contributed by atoms with van der Waals surface area (Å²) in [5, 5.41) is 13.3. The molecule has 1 aromatic rings. The molecule has 1 heterocycles. The second kappa shape index (κ2) is 6.22. The largest absolute Gasteiger partial charge is 0.397 e. The summed E-state index contributed by atoms with van der Waals surface area (Å²) in [4.78, 5) is 14.4. The van der Waals surface area contributed by atoms with Crippen molar-refractivity contribution < 1.29 is 9.90 Å². The fourth-order valence-electron chi connectivity index (χ4n) is 2.43. The Hall–Kier alpha value is -1.30. The van der Waals surface area contributed by atoms with E-state index in [4.69, 9.17) is 17.3 Å². The SMILES string of the molecule is CC(C(=O)Nc1cc(Cl)ccc1N)N1CCC(C)(O)CC1. The highest BCUT2D eigenvalue weighted by molar-refractivity contribution is 6.31. The number of carbonyl (C=O) groups excluding carboxylic acids is 1. The second-order valence-corrected chi connectivity index (χ2v) is 6.37. The number of nitrogen functional groups attached to an aromatic ring is 1. The highest BCUT2D eigenvalue weighted by Crippen LogP contribution is 2.25. The second-order valence-electron chi connectivity index (χ2n) is 5.93. The van der Waals surface area contributed by atoms with Crippen LogP contribution < -0.4 is 11.1 Å². The van der Waals surface area contributed by atoms with Gasteiger partial charge in [0, 0.05) is 18.1 Å². The monoisotopic (exact) mass is 311 g/mol. The lowest BCUT2D eigenvalue weighted by atomic mass is 9.93. The van der Waals surface area contributed by atoms with Crippen molar-refractivity contribution in [1.29, 1.82) is 0 Å². The molecule has 1 aromatic carbocycles. The number of nitrogens with two attached hydrogens (primary N) is 1. The number of carbonyl (C=O) groups is 1. The van der Waals surface area contributed by atoms with Gasteiger partial charge >= 0.3 is 0 Å². The Kier molecular flexibility index (Phi) is 4.76. The van der Waals surface area contributed by atoms with Crippen molar-refractivity contribution in [2.75, 3.05) is 24.1 Å². The van der Waals surface area contributed by atoms with Crippen LogP contribution in [0.4, 0.5) is 11.4 Å². The molecule has 0 aliphatic carbocycles. The van der Waals surface area contributed by atoms with Crippen molar-refractivity contribution in [2.45, 2.75) is 38.3 Å². The predicted octanol–water partition coefficient (Wildman–Crippen LogP) is 2.10. The molecule has 0 spiro atoms. The highest BCUT2D eigenvalue weighted by atomic mass is 35.5. The number of hydrogen-bond acceptors (Lipinski definition) is 4. The van der Waals surface area contributed by atoms with Crippen LogP contribution in [0.5, 0.6) is 0 Å². The molecule has 6 heteroatoms. The van der Waals surface area contributed by atoms with E-state index in [9.17, 15) is 9.90 Å². The van der Waals surface area contributed by atoms with Crippen LogP contribution in [-0.2, 0) is 4.79 Å². The zero-order valence-electron chi connectivity index (χ0n) is 12.4. The molecule has 1 atom stereocenters. The first-order valence-corrected chi connectivity index (χ1v) is 7.49. The lowest BCUT2D eigenvalue weighted by Crippen LogP contribution is -2.50. The van der Waals surface area contributed by atoms with Crippen molar-refractivity contribution in [3.8, 4) is 0 Å². The standard InChI is InChI=1S/C15H22ClN3O2/c1-10(19-7-5-15(2,21)6-8-19)14(20)18-13-9-11(16)3-4-12(13)17/h3-4,9-10,21H,5-8,17H2,1-2H3,(H,18,20). The van der Waals surface area contributed by atoms with E-state index < -0.39 is 5.60 Å². The van der Waals surface area contributed by atoms with Crippen molar-refractivity contribution in [1.82, 2.24) is 4.90 Å². The summed E-state index contributed by atoms with van der Waals surface area (Å²) < 4.78 is 0. The predicted molar refractivity (Wildman–Crippen MR) is 85.4 cm³/mol. The van der Waals surface area contributed by atoms with E-state index in [2.05, 4.69) is 10.2 Å². The van der Waals surface area contributed by atoms with E-state index in [0.717, 1.165) is 0 Å². The van der Waals surface area contributed by atoms with Crippen LogP contribution in [0.25, 0.3) is 0 Å². The Morgan fingerprint density at radius 2 is 2.10 bits per heavy atom. The molecule has 1 saturated heterocycles. The topological polar surface area (TPSA) is 78.6 Å². The van der Waals surface area contributed by atoms with Gasteiger partial charge < -0.3 is 16.2 Å². The molecule has 1 aliphatic heterocycles. The Balaban J connectivity index is 1.98. The fraction of sp³-hybridized carbons (Fsp3) is 0.533. The number of hydrogen-bond donors (Lipinski definition) is 3. The summed E-state index contributed by atoms with van der Waals surface area (Å²) in [6.45, 7) is 5.09. The van der Waals surface area contributed by atoms with Gasteiger partial charge in [0.1, 0.15) is 0 Å². The zero-order chi connectivity index (χ0) is 15.6. The average Bonchev–Trinajstić information content (AvgIpc) is 2.42. The van der Waals surface area contributed by atoms with E-state index in [0.29, 0.717) is 42.3 Å². The maximum atomic E-state index is 12.3. The van der Waals surface area contributed by atoms with Crippen LogP contribution in [-0.4, -0.2) is 40.6 Å². The molecular weight excluding hydrogens is 290 g/mol. The minimum absolute atomic E-state index is 0.120. The van der Waals surface area contributed by atoms with Crippen LogP contribution in [0.1, 0.15) is 26.7 Å². The lowest BCUT2D eigenvalue weighted by molar-refractivity contribution is -0.122. The third-order valence-electron chi connectivity index (χ3n) is 4.08. The number of amides is 1. The molecule has 1 amide bonds. The molecule has 0 bridgehead atoms. The fourth-order valence-corrected chi connectivity index (χ4v) is 2.60. The zero-order valence-corrected chi connectivity index (χ0v) is 13.2. The van der Waals surface area contributed by atoms with Gasteiger partial charge in [0.25, 0.3) is 0 Å². The van der Waals surface area contributed by atoms with Gasteiger partial charge in [0.2, 0.25) is 5.91 Å². The van der Waals surface area contributed by atoms with Crippen molar-refractivity contribution in [3.63, 3.8) is 0 Å². The van der Waals surface area contributed by atoms with Gasteiger partial charge in [-0.1, -0.05) is 11.6 Å². The highest BCUT2D eigenvalue weighted by Gasteiger charge is 2.31. The first-order chi connectivity index (χ1) is 9.78. The number of halogens is 1. The van der Waals surface area contributed by atoms with Gasteiger partial charge in [-0.05, 0) is 44.9 Å². The number of benzene rings is 1. The molecule has 21 heavy (non-hydrogen) atoms. The Labute approximate surface area is 130 Å². The van der Waals surface area contributed by atoms with Crippen LogP contribution in [0.15, 0.2) is 18.2 Å². The molecule has 0 aromatic heterocycles.